The van der Waals surface area contributed by atoms with Crippen LogP contribution in [0.1, 0.15) is 22.9 Å². The molecule has 0 spiro atoms. The third kappa shape index (κ3) is 2.83. The molecule has 0 unspecified atom stereocenters. The molecule has 4 aromatic rings. The molecular weight excluding hydrogens is 385 g/mol. The summed E-state index contributed by atoms with van der Waals surface area (Å²) in [6, 6.07) is 7.80. The lowest BCUT2D eigenvalue weighted by Gasteiger charge is -2.08. The minimum atomic E-state index is 0. The summed E-state index contributed by atoms with van der Waals surface area (Å²) in [5.41, 5.74) is 5.12. The SMILES string of the molecule is Cc1ncn2c1Cn1nc(Cn3nccc3C)nc1-c1cc(Cl)ccc1-2.Cl. The number of benzene rings is 1. The molecule has 1 aliphatic rings. The highest BCUT2D eigenvalue weighted by Gasteiger charge is 2.24. The van der Waals surface area contributed by atoms with Gasteiger partial charge < -0.3 is 4.57 Å². The molecule has 4 heterocycles. The fourth-order valence-corrected chi connectivity index (χ4v) is 3.54. The Kier molecular flexibility index (Phi) is 4.28. The summed E-state index contributed by atoms with van der Waals surface area (Å²) >= 11 is 6.27. The highest BCUT2D eigenvalue weighted by atomic mass is 35.5. The van der Waals surface area contributed by atoms with Crippen molar-refractivity contribution in [2.45, 2.75) is 26.9 Å². The number of hydrogen-bond acceptors (Lipinski definition) is 4. The van der Waals surface area contributed by atoms with E-state index in [0.717, 1.165) is 40.0 Å². The first-order chi connectivity index (χ1) is 12.6. The second-order valence-corrected chi connectivity index (χ2v) is 6.88. The Bertz CT molecular complexity index is 1140. The van der Waals surface area contributed by atoms with Gasteiger partial charge in [0.25, 0.3) is 0 Å². The molecule has 0 saturated heterocycles. The zero-order chi connectivity index (χ0) is 17.8. The van der Waals surface area contributed by atoms with Crippen LogP contribution >= 0.6 is 24.0 Å². The van der Waals surface area contributed by atoms with E-state index >= 15 is 0 Å². The van der Waals surface area contributed by atoms with Crippen molar-refractivity contribution >= 4 is 24.0 Å². The van der Waals surface area contributed by atoms with Gasteiger partial charge in [0.15, 0.2) is 11.6 Å². The Hall–Kier alpha value is -2.64. The summed E-state index contributed by atoms with van der Waals surface area (Å²) in [7, 11) is 0. The monoisotopic (exact) mass is 401 g/mol. The van der Waals surface area contributed by atoms with E-state index in [-0.39, 0.29) is 12.4 Å². The number of fused-ring (bicyclic) bond motifs is 5. The highest BCUT2D eigenvalue weighted by Crippen LogP contribution is 2.33. The third-order valence-electron chi connectivity index (χ3n) is 4.77. The summed E-state index contributed by atoms with van der Waals surface area (Å²) in [6.45, 7) is 5.17. The Balaban J connectivity index is 0.00000180. The van der Waals surface area contributed by atoms with Crippen LogP contribution in [0.25, 0.3) is 17.1 Å². The average Bonchev–Trinajstić information content (AvgIpc) is 3.28. The second-order valence-electron chi connectivity index (χ2n) is 6.45. The first-order valence-electron chi connectivity index (χ1n) is 8.35. The molecule has 7 nitrogen and oxygen atoms in total. The van der Waals surface area contributed by atoms with E-state index in [9.17, 15) is 0 Å². The number of rotatable bonds is 2. The van der Waals surface area contributed by atoms with Crippen molar-refractivity contribution in [3.05, 3.63) is 64.7 Å². The highest BCUT2D eigenvalue weighted by molar-refractivity contribution is 6.31. The molecule has 0 aliphatic carbocycles. The molecule has 0 saturated carbocycles. The van der Waals surface area contributed by atoms with E-state index in [2.05, 4.69) is 14.6 Å². The van der Waals surface area contributed by atoms with Gasteiger partial charge in [0.2, 0.25) is 0 Å². The van der Waals surface area contributed by atoms with Crippen LogP contribution in [0.15, 0.2) is 36.8 Å². The summed E-state index contributed by atoms with van der Waals surface area (Å²) in [6.07, 6.45) is 3.63. The first-order valence-corrected chi connectivity index (χ1v) is 8.73. The maximum absolute atomic E-state index is 6.27. The van der Waals surface area contributed by atoms with Crippen LogP contribution in [0.2, 0.25) is 5.02 Å². The van der Waals surface area contributed by atoms with Crippen molar-refractivity contribution in [2.24, 2.45) is 0 Å². The summed E-state index contributed by atoms with van der Waals surface area (Å²) in [5.74, 6) is 1.54. The molecule has 0 bridgehead atoms. The standard InChI is InChI=1S/C18H16ClN7.ClH/c1-11-5-6-21-25(11)9-17-22-18-14-7-13(19)3-4-15(14)24-10-20-12(2)16(24)8-26(18)23-17;/h3-7,10H,8-9H2,1-2H3;1H. The van der Waals surface area contributed by atoms with Crippen LogP contribution in [0.4, 0.5) is 0 Å². The number of aromatic nitrogens is 7. The quantitative estimate of drug-likeness (QED) is 0.454. The lowest BCUT2D eigenvalue weighted by atomic mass is 10.1. The number of aryl methyl sites for hydroxylation is 2. The van der Waals surface area contributed by atoms with E-state index < -0.39 is 0 Å². The van der Waals surface area contributed by atoms with Gasteiger partial charge in [-0.1, -0.05) is 11.6 Å². The smallest absolute Gasteiger partial charge is 0.172 e. The number of nitrogens with zero attached hydrogens (tertiary/aromatic N) is 7. The molecule has 9 heteroatoms. The van der Waals surface area contributed by atoms with Crippen molar-refractivity contribution in [1.29, 1.82) is 0 Å². The van der Waals surface area contributed by atoms with Crippen molar-refractivity contribution in [2.75, 3.05) is 0 Å². The summed E-state index contributed by atoms with van der Waals surface area (Å²) in [4.78, 5) is 9.27. The number of hydrogen-bond donors (Lipinski definition) is 0. The topological polar surface area (TPSA) is 66.3 Å². The van der Waals surface area contributed by atoms with Crippen molar-refractivity contribution in [3.8, 4) is 17.1 Å². The molecule has 0 amide bonds. The van der Waals surface area contributed by atoms with Crippen LogP contribution in [-0.4, -0.2) is 34.1 Å². The molecule has 1 aromatic carbocycles. The van der Waals surface area contributed by atoms with E-state index in [1.165, 1.54) is 0 Å². The van der Waals surface area contributed by atoms with Crippen LogP contribution in [0.3, 0.4) is 0 Å². The molecule has 0 N–H and O–H groups in total. The van der Waals surface area contributed by atoms with Gasteiger partial charge in [-0.25, -0.2) is 14.6 Å². The normalized spacial score (nSPS) is 12.0. The lowest BCUT2D eigenvalue weighted by molar-refractivity contribution is 0.611. The maximum Gasteiger partial charge on any atom is 0.172 e. The number of halogens is 2. The van der Waals surface area contributed by atoms with Crippen LogP contribution < -0.4 is 0 Å². The fraction of sp³-hybridized carbons (Fsp3) is 0.222. The predicted molar refractivity (Wildman–Crippen MR) is 105 cm³/mol. The van der Waals surface area contributed by atoms with Gasteiger partial charge in [-0.05, 0) is 38.1 Å². The summed E-state index contributed by atoms with van der Waals surface area (Å²) in [5, 5.41) is 9.73. The van der Waals surface area contributed by atoms with Crippen LogP contribution in [0, 0.1) is 13.8 Å². The zero-order valence-electron chi connectivity index (χ0n) is 14.8. The molecule has 0 atom stereocenters. The number of imidazole rings is 1. The van der Waals surface area contributed by atoms with Gasteiger partial charge in [-0.15, -0.1) is 12.4 Å². The Morgan fingerprint density at radius 2 is 2.04 bits per heavy atom. The average molecular weight is 402 g/mol. The first kappa shape index (κ1) is 17.8. The maximum atomic E-state index is 6.27. The Morgan fingerprint density at radius 3 is 2.81 bits per heavy atom. The fourth-order valence-electron chi connectivity index (χ4n) is 3.36. The largest absolute Gasteiger partial charge is 0.300 e. The van der Waals surface area contributed by atoms with E-state index in [4.69, 9.17) is 21.7 Å². The van der Waals surface area contributed by atoms with Crippen LogP contribution in [-0.2, 0) is 13.1 Å². The van der Waals surface area contributed by atoms with Gasteiger partial charge in [-0.2, -0.15) is 10.2 Å². The van der Waals surface area contributed by atoms with E-state index in [1.54, 1.807) is 6.20 Å². The Labute approximate surface area is 167 Å². The molecule has 1 aliphatic heterocycles. The molecular formula is C18H17Cl2N7. The lowest BCUT2D eigenvalue weighted by Crippen LogP contribution is -2.08. The van der Waals surface area contributed by atoms with Gasteiger partial charge in [0, 0.05) is 22.5 Å². The van der Waals surface area contributed by atoms with Gasteiger partial charge in [0.1, 0.15) is 6.54 Å². The minimum absolute atomic E-state index is 0. The summed E-state index contributed by atoms with van der Waals surface area (Å²) < 4.78 is 5.91. The third-order valence-corrected chi connectivity index (χ3v) is 5.00. The molecule has 0 fully saturated rings. The van der Waals surface area contributed by atoms with Crippen molar-refractivity contribution in [1.82, 2.24) is 34.1 Å². The van der Waals surface area contributed by atoms with Crippen molar-refractivity contribution in [3.63, 3.8) is 0 Å². The second kappa shape index (κ2) is 6.51. The zero-order valence-corrected chi connectivity index (χ0v) is 16.4. The van der Waals surface area contributed by atoms with Gasteiger partial charge >= 0.3 is 0 Å². The minimum Gasteiger partial charge on any atom is -0.300 e. The molecule has 5 rings (SSSR count). The molecule has 3 aromatic heterocycles. The van der Waals surface area contributed by atoms with Crippen molar-refractivity contribution < 1.29 is 0 Å². The van der Waals surface area contributed by atoms with E-state index in [0.29, 0.717) is 18.1 Å². The molecule has 138 valence electrons. The van der Waals surface area contributed by atoms with Gasteiger partial charge in [-0.3, -0.25) is 4.68 Å². The predicted octanol–water partition coefficient (Wildman–Crippen LogP) is 3.43. The van der Waals surface area contributed by atoms with E-state index in [1.807, 2.05) is 53.8 Å². The Morgan fingerprint density at radius 1 is 1.19 bits per heavy atom. The molecule has 0 radical (unpaired) electrons. The van der Waals surface area contributed by atoms with Gasteiger partial charge in [0.05, 0.1) is 29.9 Å². The molecule has 27 heavy (non-hydrogen) atoms. The van der Waals surface area contributed by atoms with Crippen LogP contribution in [0.5, 0.6) is 0 Å².